The van der Waals surface area contributed by atoms with E-state index in [2.05, 4.69) is 10.6 Å². The van der Waals surface area contributed by atoms with Gasteiger partial charge in [-0.3, -0.25) is 14.4 Å². The lowest BCUT2D eigenvalue weighted by Gasteiger charge is -2.34. The summed E-state index contributed by atoms with van der Waals surface area (Å²) < 4.78 is 10.6. The van der Waals surface area contributed by atoms with Crippen LogP contribution in [0.5, 0.6) is 5.75 Å². The number of Topliss-reactive ketones (excluding diaryl/α,β-unsaturated/α-hetero) is 1. The number of carbonyl (C=O) groups is 5. The second kappa shape index (κ2) is 18.0. The zero-order chi connectivity index (χ0) is 37.0. The molecule has 52 heavy (non-hydrogen) atoms. The van der Waals surface area contributed by atoms with Crippen molar-refractivity contribution >= 4 is 41.4 Å². The Bertz CT molecular complexity index is 1820. The van der Waals surface area contributed by atoms with Gasteiger partial charge in [0.2, 0.25) is 11.8 Å². The van der Waals surface area contributed by atoms with Crippen molar-refractivity contribution in [1.29, 1.82) is 0 Å². The van der Waals surface area contributed by atoms with Gasteiger partial charge in [0, 0.05) is 12.2 Å². The number of hydrogen-bond donors (Lipinski definition) is 3. The van der Waals surface area contributed by atoms with Gasteiger partial charge < -0.3 is 30.1 Å². The van der Waals surface area contributed by atoms with Crippen molar-refractivity contribution in [3.05, 3.63) is 138 Å². The Morgan fingerprint density at radius 1 is 0.788 bits per heavy atom. The van der Waals surface area contributed by atoms with Crippen molar-refractivity contribution in [2.24, 2.45) is 5.92 Å². The van der Waals surface area contributed by atoms with Crippen LogP contribution in [0.3, 0.4) is 0 Å². The van der Waals surface area contributed by atoms with Crippen molar-refractivity contribution in [3.8, 4) is 5.75 Å². The van der Waals surface area contributed by atoms with E-state index < -0.39 is 59.3 Å². The summed E-state index contributed by atoms with van der Waals surface area (Å²) in [4.78, 5) is 69.6. The highest BCUT2D eigenvalue weighted by Crippen LogP contribution is 2.41. The molecule has 0 aliphatic carbocycles. The van der Waals surface area contributed by atoms with E-state index in [1.807, 2.05) is 60.7 Å². The largest absolute Gasteiger partial charge is 0.508 e. The molecule has 1 aliphatic rings. The number of esters is 1. The fourth-order valence-corrected chi connectivity index (χ4v) is 7.12. The third-order valence-corrected chi connectivity index (χ3v) is 9.61. The number of nitrogens with zero attached hydrogens (tertiary/aromatic N) is 1. The van der Waals surface area contributed by atoms with E-state index in [0.29, 0.717) is 11.1 Å². The Labute approximate surface area is 306 Å². The summed E-state index contributed by atoms with van der Waals surface area (Å²) in [5, 5.41) is 14.9. The number of carbonyl (C=O) groups excluding carboxylic acids is 5. The number of phenols is 1. The predicted octanol–water partition coefficient (Wildman–Crippen LogP) is 5.33. The number of alkyl carbamates (subject to hydrolysis) is 1. The average Bonchev–Trinajstić information content (AvgIpc) is 3.57. The van der Waals surface area contributed by atoms with Gasteiger partial charge in [-0.05, 0) is 54.7 Å². The molecule has 0 aromatic heterocycles. The minimum absolute atomic E-state index is 0.0201. The van der Waals surface area contributed by atoms with Crippen molar-refractivity contribution in [3.63, 3.8) is 0 Å². The summed E-state index contributed by atoms with van der Waals surface area (Å²) in [6.45, 7) is 3.20. The van der Waals surface area contributed by atoms with Gasteiger partial charge in [-0.2, -0.15) is 0 Å². The van der Waals surface area contributed by atoms with Crippen molar-refractivity contribution in [2.75, 3.05) is 5.75 Å². The number of amides is 3. The lowest BCUT2D eigenvalue weighted by molar-refractivity contribution is -0.160. The molecule has 1 saturated heterocycles. The molecule has 0 radical (unpaired) electrons. The number of rotatable bonds is 14. The molecular weight excluding hydrogens is 683 g/mol. The summed E-state index contributed by atoms with van der Waals surface area (Å²) in [6.07, 6.45) is -2.33. The first kappa shape index (κ1) is 37.6. The predicted molar refractivity (Wildman–Crippen MR) is 196 cm³/mol. The Kier molecular flexibility index (Phi) is 13.1. The molecule has 1 heterocycles. The van der Waals surface area contributed by atoms with Gasteiger partial charge in [0.25, 0.3) is 5.78 Å². The molecule has 5 rings (SSSR count). The van der Waals surface area contributed by atoms with Crippen LogP contribution in [-0.4, -0.2) is 63.7 Å². The Morgan fingerprint density at radius 2 is 1.37 bits per heavy atom. The molecule has 0 unspecified atom stereocenters. The first-order valence-electron chi connectivity index (χ1n) is 16.9. The number of thioether (sulfide) groups is 1. The molecule has 0 bridgehead atoms. The van der Waals surface area contributed by atoms with Gasteiger partial charge in [0.15, 0.2) is 0 Å². The maximum atomic E-state index is 14.7. The monoisotopic (exact) mass is 723 g/mol. The highest BCUT2D eigenvalue weighted by atomic mass is 32.2. The fourth-order valence-electron chi connectivity index (χ4n) is 5.75. The summed E-state index contributed by atoms with van der Waals surface area (Å²) in [5.41, 5.74) is 2.86. The third kappa shape index (κ3) is 10.2. The van der Waals surface area contributed by atoms with E-state index in [9.17, 15) is 29.1 Å². The minimum atomic E-state index is -1.43. The van der Waals surface area contributed by atoms with Crippen LogP contribution >= 0.6 is 11.8 Å². The van der Waals surface area contributed by atoms with Gasteiger partial charge in [-0.15, -0.1) is 11.8 Å². The summed E-state index contributed by atoms with van der Waals surface area (Å²) in [7, 11) is 0. The maximum absolute atomic E-state index is 14.7. The van der Waals surface area contributed by atoms with Crippen LogP contribution in [0.4, 0.5) is 4.79 Å². The maximum Gasteiger partial charge on any atom is 0.408 e. The van der Waals surface area contributed by atoms with E-state index in [1.54, 1.807) is 56.3 Å². The first-order valence-corrected chi connectivity index (χ1v) is 18.0. The number of ketones is 1. The fraction of sp³-hybridized carbons (Fsp3) is 0.275. The average molecular weight is 724 g/mol. The molecule has 3 amide bonds. The number of ether oxygens (including phenoxy) is 2. The zero-order valence-corrected chi connectivity index (χ0v) is 29.7. The van der Waals surface area contributed by atoms with Gasteiger partial charge in [0.1, 0.15) is 35.9 Å². The van der Waals surface area contributed by atoms with Gasteiger partial charge in [-0.1, -0.05) is 103 Å². The molecule has 1 fully saturated rings. The molecule has 11 nitrogen and oxygen atoms in total. The van der Waals surface area contributed by atoms with Crippen LogP contribution in [0.1, 0.15) is 41.5 Å². The van der Waals surface area contributed by atoms with Crippen molar-refractivity contribution in [1.82, 2.24) is 15.5 Å². The Balaban J connectivity index is 1.44. The van der Waals surface area contributed by atoms with Gasteiger partial charge >= 0.3 is 12.1 Å². The van der Waals surface area contributed by atoms with Gasteiger partial charge in [-0.25, -0.2) is 9.59 Å². The molecule has 0 spiro atoms. The molecule has 4 aromatic carbocycles. The Morgan fingerprint density at radius 3 is 1.98 bits per heavy atom. The molecule has 4 atom stereocenters. The standard InChI is InChI=1S/C40H41N3O8S/c1-26(2)51-39(48)35(45)32(22-27-12-6-3-7-13-27)36(46)42-34-25-52-38(30-16-10-5-11-17-30)43(34)37(47)33(23-28-18-20-31(44)21-19-28)41-40(49)50-24-29-14-8-4-9-15-29/h3-21,26,32-34,38,44H,22-25H2,1-2H3,(H,41,49)(H,42,46)/t32-,33-,34+,38+/m0/s1. The van der Waals surface area contributed by atoms with Crippen LogP contribution in [0.25, 0.3) is 0 Å². The highest BCUT2D eigenvalue weighted by Gasteiger charge is 2.44. The van der Waals surface area contributed by atoms with E-state index in [-0.39, 0.29) is 31.0 Å². The van der Waals surface area contributed by atoms with Crippen molar-refractivity contribution in [2.45, 2.75) is 57.0 Å². The SMILES string of the molecule is CC(C)OC(=O)C(=O)[C@H](Cc1ccccc1)C(=O)N[C@H]1CS[C@H](c2ccccc2)N1C(=O)[C@H](Cc1ccc(O)cc1)NC(=O)OCc1ccccc1. The lowest BCUT2D eigenvalue weighted by atomic mass is 9.94. The quantitative estimate of drug-likeness (QED) is 0.0892. The van der Waals surface area contributed by atoms with Crippen LogP contribution in [0.15, 0.2) is 115 Å². The number of hydrogen-bond acceptors (Lipinski definition) is 9. The van der Waals surface area contributed by atoms with E-state index in [0.717, 1.165) is 11.1 Å². The van der Waals surface area contributed by atoms with E-state index in [1.165, 1.54) is 28.8 Å². The number of nitrogens with one attached hydrogen (secondary N) is 2. The van der Waals surface area contributed by atoms with Crippen LogP contribution in [0.2, 0.25) is 0 Å². The topological polar surface area (TPSA) is 151 Å². The highest BCUT2D eigenvalue weighted by molar-refractivity contribution is 7.99. The minimum Gasteiger partial charge on any atom is -0.508 e. The number of aromatic hydroxyl groups is 1. The van der Waals surface area contributed by atoms with Crippen LogP contribution < -0.4 is 10.6 Å². The van der Waals surface area contributed by atoms with E-state index >= 15 is 0 Å². The molecular formula is C40H41N3O8S. The smallest absolute Gasteiger partial charge is 0.408 e. The second-order valence-electron chi connectivity index (χ2n) is 12.6. The van der Waals surface area contributed by atoms with Crippen molar-refractivity contribution < 1.29 is 38.6 Å². The Hall–Kier alpha value is -5.62. The molecule has 270 valence electrons. The summed E-state index contributed by atoms with van der Waals surface area (Å²) in [6, 6.07) is 32.3. The lowest BCUT2D eigenvalue weighted by Crippen LogP contribution is -2.57. The van der Waals surface area contributed by atoms with Gasteiger partial charge in [0.05, 0.1) is 6.10 Å². The molecule has 4 aromatic rings. The first-order chi connectivity index (χ1) is 25.1. The summed E-state index contributed by atoms with van der Waals surface area (Å²) in [5.74, 6) is -4.49. The van der Waals surface area contributed by atoms with E-state index in [4.69, 9.17) is 9.47 Å². The molecule has 3 N–H and O–H groups in total. The van der Waals surface area contributed by atoms with Crippen LogP contribution in [0, 0.1) is 5.92 Å². The molecule has 12 heteroatoms. The second-order valence-corrected chi connectivity index (χ2v) is 13.7. The zero-order valence-electron chi connectivity index (χ0n) is 28.8. The normalized spacial score (nSPS) is 16.4. The third-order valence-electron chi connectivity index (χ3n) is 8.29. The number of benzene rings is 4. The number of phenolic OH excluding ortho intramolecular Hbond substituents is 1. The summed E-state index contributed by atoms with van der Waals surface area (Å²) >= 11 is 1.41. The molecule has 1 aliphatic heterocycles. The molecule has 0 saturated carbocycles. The van der Waals surface area contributed by atoms with Crippen LogP contribution in [-0.2, 0) is 48.1 Å².